The van der Waals surface area contributed by atoms with Crippen LogP contribution in [-0.2, 0) is 0 Å². The first-order chi connectivity index (χ1) is 7.47. The maximum absolute atomic E-state index is 10.7. The van der Waals surface area contributed by atoms with Crippen molar-refractivity contribution in [1.29, 1.82) is 0 Å². The van der Waals surface area contributed by atoms with E-state index in [9.17, 15) is 10.2 Å². The second kappa shape index (κ2) is 5.15. The number of rotatable bonds is 4. The number of unbranched alkanes of at least 4 members (excludes halogenated alkanes) is 1. The molecule has 2 heteroatoms. The Balaban J connectivity index is 3.03. The van der Waals surface area contributed by atoms with Gasteiger partial charge >= 0.3 is 0 Å². The molecular formula is C14H24O2. The van der Waals surface area contributed by atoms with Gasteiger partial charge in [-0.1, -0.05) is 20.3 Å². The van der Waals surface area contributed by atoms with Crippen molar-refractivity contribution in [3.63, 3.8) is 0 Å². The molecule has 0 spiro atoms. The summed E-state index contributed by atoms with van der Waals surface area (Å²) in [4.78, 5) is 0. The molecule has 1 aliphatic carbocycles. The summed E-state index contributed by atoms with van der Waals surface area (Å²) < 4.78 is 0. The Morgan fingerprint density at radius 2 is 1.94 bits per heavy atom. The lowest BCUT2D eigenvalue weighted by atomic mass is 9.75. The van der Waals surface area contributed by atoms with Gasteiger partial charge in [0.2, 0.25) is 0 Å². The van der Waals surface area contributed by atoms with Crippen LogP contribution < -0.4 is 0 Å². The smallest absolute Gasteiger partial charge is 0.107 e. The highest BCUT2D eigenvalue weighted by Crippen LogP contribution is 2.38. The van der Waals surface area contributed by atoms with Gasteiger partial charge in [0.05, 0.1) is 6.10 Å². The predicted octanol–water partition coefficient (Wildman–Crippen LogP) is 2.96. The molecule has 0 amide bonds. The fourth-order valence-electron chi connectivity index (χ4n) is 2.39. The fraction of sp³-hybridized carbons (Fsp3) is 0.714. The number of aliphatic hydroxyl groups is 2. The first kappa shape index (κ1) is 13.5. The minimum absolute atomic E-state index is 0.515. The third-order valence-corrected chi connectivity index (χ3v) is 3.86. The van der Waals surface area contributed by atoms with E-state index in [1.807, 2.05) is 26.8 Å². The maximum atomic E-state index is 10.7. The first-order valence-corrected chi connectivity index (χ1v) is 6.26. The van der Waals surface area contributed by atoms with Crippen LogP contribution in [0.4, 0.5) is 0 Å². The van der Waals surface area contributed by atoms with Gasteiger partial charge in [-0.3, -0.25) is 0 Å². The Hall–Kier alpha value is -0.600. The van der Waals surface area contributed by atoms with Crippen LogP contribution in [0.1, 0.15) is 53.4 Å². The highest BCUT2D eigenvalue weighted by Gasteiger charge is 2.36. The average molecular weight is 224 g/mol. The standard InChI is InChI=1S/C14H24O2/c1-5-7-8-12-9-13(15)10(3)11(4)14(12,16)6-2/h9,13,15-16H,5-8H2,1-4H3. The van der Waals surface area contributed by atoms with E-state index in [2.05, 4.69) is 6.92 Å². The Bertz CT molecular complexity index is 315. The Kier molecular flexibility index (Phi) is 4.34. The van der Waals surface area contributed by atoms with E-state index < -0.39 is 11.7 Å². The van der Waals surface area contributed by atoms with Crippen LogP contribution in [0.25, 0.3) is 0 Å². The monoisotopic (exact) mass is 224 g/mol. The molecule has 2 atom stereocenters. The minimum atomic E-state index is -0.821. The van der Waals surface area contributed by atoms with Gasteiger partial charge in [0.25, 0.3) is 0 Å². The fourth-order valence-corrected chi connectivity index (χ4v) is 2.39. The molecule has 0 aromatic heterocycles. The number of hydrogen-bond acceptors (Lipinski definition) is 2. The molecule has 0 aliphatic heterocycles. The van der Waals surface area contributed by atoms with Gasteiger partial charge in [0.15, 0.2) is 0 Å². The van der Waals surface area contributed by atoms with Crippen molar-refractivity contribution in [2.24, 2.45) is 0 Å². The van der Waals surface area contributed by atoms with Gasteiger partial charge < -0.3 is 10.2 Å². The van der Waals surface area contributed by atoms with Crippen LogP contribution in [0.3, 0.4) is 0 Å². The SMILES string of the molecule is CCCCC1=CC(O)C(C)=C(C)C1(O)CC. The highest BCUT2D eigenvalue weighted by molar-refractivity contribution is 5.42. The second-order valence-corrected chi connectivity index (χ2v) is 4.76. The summed E-state index contributed by atoms with van der Waals surface area (Å²) in [6.45, 7) is 7.96. The average Bonchev–Trinajstić information content (AvgIpc) is 2.29. The molecule has 2 unspecified atom stereocenters. The molecule has 0 saturated carbocycles. The zero-order valence-corrected chi connectivity index (χ0v) is 10.9. The summed E-state index contributed by atoms with van der Waals surface area (Å²) in [5.41, 5.74) is 1.99. The first-order valence-electron chi connectivity index (χ1n) is 6.26. The topological polar surface area (TPSA) is 40.5 Å². The van der Waals surface area contributed by atoms with Crippen LogP contribution in [0.2, 0.25) is 0 Å². The van der Waals surface area contributed by atoms with Crippen molar-refractivity contribution in [3.05, 3.63) is 22.8 Å². The minimum Gasteiger partial charge on any atom is -0.385 e. The number of aliphatic hydroxyl groups excluding tert-OH is 1. The molecule has 16 heavy (non-hydrogen) atoms. The molecular weight excluding hydrogens is 200 g/mol. The normalized spacial score (nSPS) is 30.6. The van der Waals surface area contributed by atoms with Gasteiger partial charge in [-0.05, 0) is 55.9 Å². The van der Waals surface area contributed by atoms with Crippen molar-refractivity contribution in [2.45, 2.75) is 65.1 Å². The zero-order chi connectivity index (χ0) is 12.3. The van der Waals surface area contributed by atoms with Crippen molar-refractivity contribution in [3.8, 4) is 0 Å². The summed E-state index contributed by atoms with van der Waals surface area (Å²) in [6.07, 6.45) is 5.05. The van der Waals surface area contributed by atoms with Gasteiger partial charge in [0.1, 0.15) is 5.60 Å². The van der Waals surface area contributed by atoms with Crippen molar-refractivity contribution in [2.75, 3.05) is 0 Å². The molecule has 2 nitrogen and oxygen atoms in total. The molecule has 92 valence electrons. The van der Waals surface area contributed by atoms with Gasteiger partial charge in [-0.2, -0.15) is 0 Å². The van der Waals surface area contributed by atoms with Crippen molar-refractivity contribution < 1.29 is 10.2 Å². The summed E-state index contributed by atoms with van der Waals surface area (Å²) in [7, 11) is 0. The van der Waals surface area contributed by atoms with E-state index in [0.29, 0.717) is 6.42 Å². The van der Waals surface area contributed by atoms with E-state index in [4.69, 9.17) is 0 Å². The predicted molar refractivity (Wildman–Crippen MR) is 67.2 cm³/mol. The Morgan fingerprint density at radius 3 is 2.44 bits per heavy atom. The van der Waals surface area contributed by atoms with Gasteiger partial charge in [0, 0.05) is 0 Å². The molecule has 0 bridgehead atoms. The quantitative estimate of drug-likeness (QED) is 0.721. The molecule has 0 aromatic carbocycles. The molecule has 0 radical (unpaired) electrons. The van der Waals surface area contributed by atoms with Crippen molar-refractivity contribution >= 4 is 0 Å². The van der Waals surface area contributed by atoms with E-state index >= 15 is 0 Å². The Labute approximate surface area is 98.7 Å². The summed E-state index contributed by atoms with van der Waals surface area (Å²) in [5.74, 6) is 0. The van der Waals surface area contributed by atoms with Crippen LogP contribution in [0.15, 0.2) is 22.8 Å². The molecule has 0 fully saturated rings. The molecule has 1 aliphatic rings. The third kappa shape index (κ3) is 2.23. The lowest BCUT2D eigenvalue weighted by Gasteiger charge is -2.37. The van der Waals surface area contributed by atoms with Gasteiger partial charge in [-0.15, -0.1) is 0 Å². The van der Waals surface area contributed by atoms with Gasteiger partial charge in [-0.25, -0.2) is 0 Å². The van der Waals surface area contributed by atoms with E-state index in [1.54, 1.807) is 0 Å². The number of hydrogen-bond donors (Lipinski definition) is 2. The molecule has 0 heterocycles. The summed E-state index contributed by atoms with van der Waals surface area (Å²) in [6, 6.07) is 0. The molecule has 0 aromatic rings. The van der Waals surface area contributed by atoms with Crippen LogP contribution in [0.5, 0.6) is 0 Å². The largest absolute Gasteiger partial charge is 0.385 e. The van der Waals surface area contributed by atoms with Crippen LogP contribution >= 0.6 is 0 Å². The highest BCUT2D eigenvalue weighted by atomic mass is 16.3. The van der Waals surface area contributed by atoms with Crippen LogP contribution in [-0.4, -0.2) is 21.9 Å². The lowest BCUT2D eigenvalue weighted by Crippen LogP contribution is -2.37. The van der Waals surface area contributed by atoms with E-state index in [-0.39, 0.29) is 0 Å². The summed E-state index contributed by atoms with van der Waals surface area (Å²) >= 11 is 0. The van der Waals surface area contributed by atoms with E-state index in [1.165, 1.54) is 0 Å². The molecule has 1 rings (SSSR count). The summed E-state index contributed by atoms with van der Waals surface area (Å²) in [5, 5.41) is 20.6. The lowest BCUT2D eigenvalue weighted by molar-refractivity contribution is 0.0966. The second-order valence-electron chi connectivity index (χ2n) is 4.76. The van der Waals surface area contributed by atoms with Crippen LogP contribution in [0, 0.1) is 0 Å². The molecule has 0 saturated heterocycles. The molecule has 2 N–H and O–H groups in total. The third-order valence-electron chi connectivity index (χ3n) is 3.86. The maximum Gasteiger partial charge on any atom is 0.107 e. The van der Waals surface area contributed by atoms with Crippen molar-refractivity contribution in [1.82, 2.24) is 0 Å². The van der Waals surface area contributed by atoms with E-state index in [0.717, 1.165) is 36.0 Å². The zero-order valence-electron chi connectivity index (χ0n) is 10.9. The Morgan fingerprint density at radius 1 is 1.31 bits per heavy atom.